The number of carboxylic acids is 1. The van der Waals surface area contributed by atoms with Crippen LogP contribution in [0.4, 0.5) is 10.5 Å². The molecule has 3 N–H and O–H groups in total. The number of anilines is 1. The monoisotopic (exact) mass is 280 g/mol. The van der Waals surface area contributed by atoms with E-state index in [1.807, 2.05) is 0 Å². The number of ether oxygens (including phenoxy) is 1. The van der Waals surface area contributed by atoms with E-state index >= 15 is 0 Å². The van der Waals surface area contributed by atoms with Crippen LogP contribution in [0.3, 0.4) is 0 Å². The molecule has 2 amide bonds. The Labute approximate surface area is 115 Å². The number of urea groups is 1. The van der Waals surface area contributed by atoms with Crippen LogP contribution in [0.1, 0.15) is 23.7 Å². The quantitative estimate of drug-likeness (QED) is 0.684. The molecule has 0 unspecified atom stereocenters. The smallest absolute Gasteiger partial charge is 0.337 e. The second-order valence-electron chi connectivity index (χ2n) is 3.79. The maximum absolute atomic E-state index is 11.6. The van der Waals surface area contributed by atoms with Crippen molar-refractivity contribution >= 4 is 23.7 Å². The molecule has 0 aliphatic carbocycles. The number of carbonyl (C=O) groups excluding carboxylic acids is 2. The Hall–Kier alpha value is -2.57. The number of nitrogens with one attached hydrogen (secondary N) is 2. The number of benzene rings is 1. The van der Waals surface area contributed by atoms with Gasteiger partial charge in [0.2, 0.25) is 0 Å². The van der Waals surface area contributed by atoms with Crippen LogP contribution in [0, 0.1) is 0 Å². The minimum atomic E-state index is -1.13. The van der Waals surface area contributed by atoms with Gasteiger partial charge in [0, 0.05) is 6.54 Å². The topological polar surface area (TPSA) is 105 Å². The number of hydrogen-bond donors (Lipinski definition) is 3. The fraction of sp³-hybridized carbons (Fsp3) is 0.308. The van der Waals surface area contributed by atoms with Gasteiger partial charge in [-0.25, -0.2) is 9.59 Å². The van der Waals surface area contributed by atoms with E-state index in [1.54, 1.807) is 19.1 Å². The molecule has 0 aliphatic heterocycles. The van der Waals surface area contributed by atoms with E-state index in [4.69, 9.17) is 9.84 Å². The Morgan fingerprint density at radius 1 is 1.25 bits per heavy atom. The summed E-state index contributed by atoms with van der Waals surface area (Å²) in [5.74, 6) is -1.54. The molecule has 1 aromatic carbocycles. The third-order valence-corrected chi connectivity index (χ3v) is 2.33. The van der Waals surface area contributed by atoms with Crippen LogP contribution >= 0.6 is 0 Å². The van der Waals surface area contributed by atoms with Crippen molar-refractivity contribution in [1.82, 2.24) is 5.32 Å². The summed E-state index contributed by atoms with van der Waals surface area (Å²) >= 11 is 0. The lowest BCUT2D eigenvalue weighted by atomic mass is 10.2. The zero-order valence-corrected chi connectivity index (χ0v) is 11.0. The first-order chi connectivity index (χ1) is 9.54. The number of carbonyl (C=O) groups is 3. The molecule has 0 heterocycles. The molecular weight excluding hydrogens is 264 g/mol. The van der Waals surface area contributed by atoms with E-state index in [1.165, 1.54) is 12.1 Å². The molecule has 7 heteroatoms. The Morgan fingerprint density at radius 3 is 2.60 bits per heavy atom. The van der Waals surface area contributed by atoms with Crippen molar-refractivity contribution in [3.8, 4) is 0 Å². The lowest BCUT2D eigenvalue weighted by Crippen LogP contribution is -2.31. The normalized spacial score (nSPS) is 9.65. The minimum absolute atomic E-state index is 0.00644. The van der Waals surface area contributed by atoms with Gasteiger partial charge in [0.25, 0.3) is 0 Å². The molecule has 0 aliphatic rings. The number of carboxylic acid groups (broad SMARTS) is 1. The van der Waals surface area contributed by atoms with Crippen LogP contribution in [-0.4, -0.2) is 36.2 Å². The lowest BCUT2D eigenvalue weighted by molar-refractivity contribution is -0.142. The van der Waals surface area contributed by atoms with Crippen molar-refractivity contribution in [3.05, 3.63) is 29.8 Å². The third kappa shape index (κ3) is 4.97. The Morgan fingerprint density at radius 2 is 1.95 bits per heavy atom. The molecule has 1 aromatic rings. The van der Waals surface area contributed by atoms with Crippen molar-refractivity contribution in [1.29, 1.82) is 0 Å². The zero-order valence-electron chi connectivity index (χ0n) is 11.0. The summed E-state index contributed by atoms with van der Waals surface area (Å²) in [7, 11) is 0. The fourth-order valence-corrected chi connectivity index (χ4v) is 1.46. The lowest BCUT2D eigenvalue weighted by Gasteiger charge is -2.09. The summed E-state index contributed by atoms with van der Waals surface area (Å²) < 4.78 is 4.70. The summed E-state index contributed by atoms with van der Waals surface area (Å²) in [5, 5.41) is 13.8. The van der Waals surface area contributed by atoms with Gasteiger partial charge in [-0.05, 0) is 19.1 Å². The maximum atomic E-state index is 11.6. The van der Waals surface area contributed by atoms with E-state index < -0.39 is 18.0 Å². The molecule has 1 rings (SSSR count). The van der Waals surface area contributed by atoms with Gasteiger partial charge in [-0.2, -0.15) is 0 Å². The largest absolute Gasteiger partial charge is 0.478 e. The fourth-order valence-electron chi connectivity index (χ4n) is 1.46. The first-order valence-electron chi connectivity index (χ1n) is 6.07. The predicted molar refractivity (Wildman–Crippen MR) is 71.7 cm³/mol. The molecule has 0 saturated heterocycles. The van der Waals surface area contributed by atoms with Gasteiger partial charge in [-0.3, -0.25) is 4.79 Å². The van der Waals surface area contributed by atoms with Gasteiger partial charge in [-0.1, -0.05) is 12.1 Å². The minimum Gasteiger partial charge on any atom is -0.478 e. The average Bonchev–Trinajstić information content (AvgIpc) is 2.39. The van der Waals surface area contributed by atoms with Gasteiger partial charge in [-0.15, -0.1) is 0 Å². The molecule has 0 bridgehead atoms. The van der Waals surface area contributed by atoms with Crippen molar-refractivity contribution in [2.45, 2.75) is 13.3 Å². The van der Waals surface area contributed by atoms with Crippen molar-refractivity contribution in [3.63, 3.8) is 0 Å². The number of esters is 1. The third-order valence-electron chi connectivity index (χ3n) is 2.33. The van der Waals surface area contributed by atoms with Gasteiger partial charge < -0.3 is 20.5 Å². The second kappa shape index (κ2) is 7.78. The molecule has 108 valence electrons. The highest BCUT2D eigenvalue weighted by Crippen LogP contribution is 2.14. The summed E-state index contributed by atoms with van der Waals surface area (Å²) in [6.07, 6.45) is 0.0574. The zero-order chi connectivity index (χ0) is 15.0. The first-order valence-corrected chi connectivity index (χ1v) is 6.07. The molecular formula is C13H16N2O5. The molecule has 20 heavy (non-hydrogen) atoms. The number of para-hydroxylation sites is 1. The van der Waals surface area contributed by atoms with Crippen molar-refractivity contribution < 1.29 is 24.2 Å². The summed E-state index contributed by atoms with van der Waals surface area (Å²) in [6, 6.07) is 5.46. The molecule has 0 aromatic heterocycles. The number of rotatable bonds is 6. The first kappa shape index (κ1) is 15.5. The van der Waals surface area contributed by atoms with E-state index in [-0.39, 0.29) is 30.8 Å². The SMILES string of the molecule is CCOC(=O)CCNC(=O)Nc1ccccc1C(=O)O. The molecule has 0 fully saturated rings. The molecule has 7 nitrogen and oxygen atoms in total. The molecule has 0 radical (unpaired) electrons. The summed E-state index contributed by atoms with van der Waals surface area (Å²) in [6.45, 7) is 2.10. The summed E-state index contributed by atoms with van der Waals surface area (Å²) in [5.41, 5.74) is 0.182. The molecule has 0 saturated carbocycles. The highest BCUT2D eigenvalue weighted by atomic mass is 16.5. The Kier molecular flexibility index (Phi) is 6.02. The Balaban J connectivity index is 2.47. The van der Waals surface area contributed by atoms with E-state index in [0.29, 0.717) is 0 Å². The van der Waals surface area contributed by atoms with Crippen LogP contribution in [0.15, 0.2) is 24.3 Å². The number of amides is 2. The van der Waals surface area contributed by atoms with E-state index in [2.05, 4.69) is 10.6 Å². The van der Waals surface area contributed by atoms with Crippen LogP contribution in [0.2, 0.25) is 0 Å². The second-order valence-corrected chi connectivity index (χ2v) is 3.79. The van der Waals surface area contributed by atoms with E-state index in [9.17, 15) is 14.4 Å². The molecule has 0 atom stereocenters. The van der Waals surface area contributed by atoms with Crippen LogP contribution in [-0.2, 0) is 9.53 Å². The predicted octanol–water partition coefficient (Wildman–Crippen LogP) is 1.46. The van der Waals surface area contributed by atoms with Crippen LogP contribution < -0.4 is 10.6 Å². The van der Waals surface area contributed by atoms with Gasteiger partial charge in [0.15, 0.2) is 0 Å². The maximum Gasteiger partial charge on any atom is 0.337 e. The molecule has 0 spiro atoms. The highest BCUT2D eigenvalue weighted by molar-refractivity contribution is 5.99. The van der Waals surface area contributed by atoms with Gasteiger partial charge >= 0.3 is 18.0 Å². The highest BCUT2D eigenvalue weighted by Gasteiger charge is 2.11. The van der Waals surface area contributed by atoms with Crippen LogP contribution in [0.25, 0.3) is 0 Å². The van der Waals surface area contributed by atoms with Crippen molar-refractivity contribution in [2.75, 3.05) is 18.5 Å². The standard InChI is InChI=1S/C13H16N2O5/c1-2-20-11(16)7-8-14-13(19)15-10-6-4-3-5-9(10)12(17)18/h3-6H,2,7-8H2,1H3,(H,17,18)(H2,14,15,19). The van der Waals surface area contributed by atoms with E-state index in [0.717, 1.165) is 0 Å². The van der Waals surface area contributed by atoms with Gasteiger partial charge in [0.1, 0.15) is 0 Å². The van der Waals surface area contributed by atoms with Gasteiger partial charge in [0.05, 0.1) is 24.3 Å². The average molecular weight is 280 g/mol. The van der Waals surface area contributed by atoms with Crippen molar-refractivity contribution in [2.24, 2.45) is 0 Å². The van der Waals surface area contributed by atoms with Crippen LogP contribution in [0.5, 0.6) is 0 Å². The number of aromatic carboxylic acids is 1. The Bertz CT molecular complexity index is 501. The summed E-state index contributed by atoms with van der Waals surface area (Å²) in [4.78, 5) is 33.6. The number of hydrogen-bond acceptors (Lipinski definition) is 4.